The Morgan fingerprint density at radius 1 is 0.952 bits per heavy atom. The van der Waals surface area contributed by atoms with Crippen LogP contribution in [0.4, 0.5) is 19.4 Å². The number of rotatable bonds is 14. The van der Waals surface area contributed by atoms with Crippen LogP contribution in [0.2, 0.25) is 0 Å². The number of ketones is 1. The molecule has 1 aromatic carbocycles. The Labute approximate surface area is 241 Å². The Morgan fingerprint density at radius 3 is 2.05 bits per heavy atom. The lowest BCUT2D eigenvalue weighted by molar-refractivity contribution is -0.141. The van der Waals surface area contributed by atoms with Crippen LogP contribution in [-0.4, -0.2) is 54.1 Å². The van der Waals surface area contributed by atoms with Crippen LogP contribution in [0.15, 0.2) is 35.2 Å². The highest BCUT2D eigenvalue weighted by atomic mass is 32.5. The molecule has 236 valence electrons. The maximum atomic E-state index is 13.3. The zero-order valence-corrected chi connectivity index (χ0v) is 24.6. The zero-order valence-electron chi connectivity index (χ0n) is 23.8. The van der Waals surface area contributed by atoms with Gasteiger partial charge in [0.05, 0.1) is 6.04 Å². The van der Waals surface area contributed by atoms with Crippen molar-refractivity contribution in [3.8, 4) is 0 Å². The van der Waals surface area contributed by atoms with Gasteiger partial charge in [-0.05, 0) is 61.8 Å². The van der Waals surface area contributed by atoms with E-state index in [0.717, 1.165) is 37.1 Å². The number of carbonyl (C=O) groups excluding carboxylic acids is 5. The second kappa shape index (κ2) is 12.4. The average Bonchev–Trinajstić information content (AvgIpc) is 3.66. The van der Waals surface area contributed by atoms with Crippen LogP contribution < -0.4 is 21.3 Å². The predicted molar refractivity (Wildman–Crippen MR) is 149 cm³/mol. The Bertz CT molecular complexity index is 1230. The van der Waals surface area contributed by atoms with E-state index in [1.54, 1.807) is 27.7 Å². The number of amides is 4. The second-order valence-electron chi connectivity index (χ2n) is 11.4. The summed E-state index contributed by atoms with van der Waals surface area (Å²) in [4.78, 5) is 61.1. The van der Waals surface area contributed by atoms with Gasteiger partial charge in [0.15, 0.2) is 0 Å². The first-order chi connectivity index (χ1) is 19.1. The highest BCUT2D eigenvalue weighted by Gasteiger charge is 2.65. The molecule has 1 aliphatic rings. The molecular weight excluding hydrogens is 587 g/mol. The molecule has 0 radical (unpaired) electrons. The van der Waals surface area contributed by atoms with Crippen LogP contribution in [0.3, 0.4) is 0 Å². The van der Waals surface area contributed by atoms with Crippen molar-refractivity contribution in [2.24, 2.45) is 5.41 Å². The van der Waals surface area contributed by atoms with Crippen molar-refractivity contribution in [2.75, 3.05) is 6.54 Å². The Morgan fingerprint density at radius 2 is 1.55 bits per heavy atom. The topological polar surface area (TPSA) is 133 Å². The van der Waals surface area contributed by atoms with E-state index in [1.165, 1.54) is 0 Å². The minimum atomic E-state index is -9.84. The lowest BCUT2D eigenvalue weighted by Gasteiger charge is -2.40. The van der Waals surface area contributed by atoms with Gasteiger partial charge >= 0.3 is 10.2 Å². The third-order valence-electron chi connectivity index (χ3n) is 6.01. The predicted octanol–water partition coefficient (Wildman–Crippen LogP) is 4.53. The summed E-state index contributed by atoms with van der Waals surface area (Å²) in [5.74, 6) is -3.83. The first-order valence-corrected chi connectivity index (χ1v) is 15.3. The van der Waals surface area contributed by atoms with Crippen LogP contribution in [0.1, 0.15) is 65.4 Å². The van der Waals surface area contributed by atoms with Crippen molar-refractivity contribution in [2.45, 2.75) is 82.8 Å². The van der Waals surface area contributed by atoms with E-state index in [0.29, 0.717) is 6.54 Å². The molecule has 4 amide bonds. The summed E-state index contributed by atoms with van der Waals surface area (Å²) in [7, 11) is -9.84. The third-order valence-corrected chi connectivity index (χ3v) is 7.17. The molecule has 2 unspecified atom stereocenters. The fourth-order valence-electron chi connectivity index (χ4n) is 3.79. The Hall–Kier alpha value is -3.49. The van der Waals surface area contributed by atoms with Gasteiger partial charge < -0.3 is 21.3 Å². The maximum absolute atomic E-state index is 13.3. The van der Waals surface area contributed by atoms with Crippen molar-refractivity contribution in [1.29, 1.82) is 0 Å². The largest absolute Gasteiger partial charge is 0.356 e. The summed E-state index contributed by atoms with van der Waals surface area (Å²) in [5.41, 5.74) is -0.491. The number of benzene rings is 1. The van der Waals surface area contributed by atoms with E-state index in [-0.39, 0.29) is 48.9 Å². The number of hydrogen-bond donors (Lipinski definition) is 4. The molecule has 0 aliphatic heterocycles. The fourth-order valence-corrected chi connectivity index (χ4v) is 4.44. The summed E-state index contributed by atoms with van der Waals surface area (Å²) in [6.07, 6.45) is 3.21. The molecule has 0 aromatic heterocycles. The maximum Gasteiger partial charge on any atom is 0.310 e. The second-order valence-corrected chi connectivity index (χ2v) is 13.8. The summed E-state index contributed by atoms with van der Waals surface area (Å²) in [6, 6.07) is -0.700. The lowest BCUT2D eigenvalue weighted by atomic mass is 9.87. The molecule has 42 heavy (non-hydrogen) atoms. The third kappa shape index (κ3) is 12.2. The summed E-state index contributed by atoms with van der Waals surface area (Å²) >= 11 is 0. The van der Waals surface area contributed by atoms with Gasteiger partial charge in [0, 0.05) is 25.1 Å². The highest BCUT2D eigenvalue weighted by molar-refractivity contribution is 8.45. The number of hydrogen-bond acceptors (Lipinski definition) is 5. The Kier molecular flexibility index (Phi) is 10.2. The molecule has 0 bridgehead atoms. The zero-order chi connectivity index (χ0) is 32.0. The summed E-state index contributed by atoms with van der Waals surface area (Å²) in [5, 5.41) is 10.1. The molecule has 0 saturated heterocycles. The molecule has 15 heteroatoms. The minimum absolute atomic E-state index is 0.0188. The summed E-state index contributed by atoms with van der Waals surface area (Å²) < 4.78 is 64.6. The van der Waals surface area contributed by atoms with Gasteiger partial charge in [-0.15, -0.1) is 0 Å². The van der Waals surface area contributed by atoms with E-state index in [2.05, 4.69) is 21.3 Å². The van der Waals surface area contributed by atoms with E-state index < -0.39 is 56.1 Å². The molecule has 0 spiro atoms. The van der Waals surface area contributed by atoms with Crippen LogP contribution >= 0.6 is 10.2 Å². The fraction of sp³-hybridized carbons (Fsp3) is 0.519. The molecular formula is C27H37F5N4O5S. The van der Waals surface area contributed by atoms with Crippen molar-refractivity contribution < 1.29 is 43.4 Å². The van der Waals surface area contributed by atoms with Gasteiger partial charge in [-0.1, -0.05) is 52.3 Å². The molecule has 2 atom stereocenters. The monoisotopic (exact) mass is 624 g/mol. The number of halogens is 5. The van der Waals surface area contributed by atoms with Crippen LogP contribution in [0.5, 0.6) is 0 Å². The van der Waals surface area contributed by atoms with E-state index in [9.17, 15) is 43.4 Å². The van der Waals surface area contributed by atoms with Gasteiger partial charge in [-0.25, -0.2) is 0 Å². The van der Waals surface area contributed by atoms with E-state index in [1.807, 2.05) is 0 Å². The van der Waals surface area contributed by atoms with Crippen molar-refractivity contribution >= 4 is 45.7 Å². The standard InChI is InChI=1S/C27H37F5N4O5S/c1-5-33-22(37)15-13-20(24(39)26(41)34-18-9-10-18)36-25(40)21(16-27(2,3)4)35-23(38)14-8-17-6-11-19(12-7-17)42(28,29,30,31)32/h6-8,11-12,14,18,20-21H,5,9-10,13,15-16H2,1-4H3,(H,33,37)(H,34,41)(H,35,38)(H,36,40)/b14-8+. The van der Waals surface area contributed by atoms with Crippen molar-refractivity contribution in [1.82, 2.24) is 21.3 Å². The summed E-state index contributed by atoms with van der Waals surface area (Å²) in [6.45, 7) is 7.42. The molecule has 0 heterocycles. The normalized spacial score (nSPS) is 16.9. The van der Waals surface area contributed by atoms with Gasteiger partial charge in [0.25, 0.3) is 5.91 Å². The van der Waals surface area contributed by atoms with Gasteiger partial charge in [0.1, 0.15) is 10.9 Å². The average molecular weight is 625 g/mol. The SMILES string of the molecule is CCNC(=O)CCC(NC(=O)C(CC(C)(C)C)NC(=O)/C=C/c1ccc(S(F)(F)(F)(F)F)cc1)C(=O)C(=O)NC1CC1. The van der Waals surface area contributed by atoms with E-state index >= 15 is 0 Å². The first-order valence-electron chi connectivity index (χ1n) is 13.3. The van der Waals surface area contributed by atoms with Gasteiger partial charge in [0.2, 0.25) is 23.5 Å². The van der Waals surface area contributed by atoms with Gasteiger partial charge in [-0.2, -0.15) is 0 Å². The van der Waals surface area contributed by atoms with Crippen molar-refractivity contribution in [3.05, 3.63) is 35.9 Å². The van der Waals surface area contributed by atoms with Crippen LogP contribution in [0, 0.1) is 5.41 Å². The quantitative estimate of drug-likeness (QED) is 0.137. The molecule has 2 rings (SSSR count). The van der Waals surface area contributed by atoms with Gasteiger partial charge in [-0.3, -0.25) is 24.0 Å². The Balaban J connectivity index is 2.17. The molecule has 1 aliphatic carbocycles. The molecule has 1 fully saturated rings. The molecule has 1 aromatic rings. The molecule has 1 saturated carbocycles. The minimum Gasteiger partial charge on any atom is -0.356 e. The first kappa shape index (κ1) is 34.7. The number of carbonyl (C=O) groups is 5. The van der Waals surface area contributed by atoms with Crippen LogP contribution in [0.25, 0.3) is 6.08 Å². The molecule has 9 nitrogen and oxygen atoms in total. The smallest absolute Gasteiger partial charge is 0.310 e. The lowest BCUT2D eigenvalue weighted by Crippen LogP contribution is -2.54. The highest BCUT2D eigenvalue weighted by Crippen LogP contribution is 3.02. The van der Waals surface area contributed by atoms with Crippen molar-refractivity contribution in [3.63, 3.8) is 0 Å². The molecule has 4 N–H and O–H groups in total. The van der Waals surface area contributed by atoms with E-state index in [4.69, 9.17) is 0 Å². The number of Topliss-reactive ketones (excluding diaryl/α,β-unsaturated/α-hetero) is 1. The van der Waals surface area contributed by atoms with Crippen LogP contribution in [-0.2, 0) is 24.0 Å². The number of nitrogens with one attached hydrogen (secondary N) is 4.